The maximum atomic E-state index is 11.3. The third-order valence-corrected chi connectivity index (χ3v) is 3.54. The van der Waals surface area contributed by atoms with Gasteiger partial charge >= 0.3 is 0 Å². The SMILES string of the molecule is CC(=O)NC1CCN(CCn2cc(C(=O)NN)nn2)CC1. The Morgan fingerprint density at radius 1 is 1.38 bits per heavy atom. The number of carbonyl (C=O) groups is 2. The van der Waals surface area contributed by atoms with Crippen molar-refractivity contribution in [1.29, 1.82) is 0 Å². The molecule has 9 nitrogen and oxygen atoms in total. The van der Waals surface area contributed by atoms with Crippen LogP contribution in [0.4, 0.5) is 0 Å². The van der Waals surface area contributed by atoms with Crippen molar-refractivity contribution >= 4 is 11.8 Å². The molecule has 1 aliphatic heterocycles. The van der Waals surface area contributed by atoms with Crippen LogP contribution in [-0.4, -0.2) is 57.4 Å². The van der Waals surface area contributed by atoms with E-state index in [4.69, 9.17) is 5.84 Å². The van der Waals surface area contributed by atoms with Crippen molar-refractivity contribution in [3.05, 3.63) is 11.9 Å². The predicted molar refractivity (Wildman–Crippen MR) is 75.0 cm³/mol. The highest BCUT2D eigenvalue weighted by molar-refractivity contribution is 5.91. The second-order valence-electron chi connectivity index (χ2n) is 5.16. The maximum absolute atomic E-state index is 11.3. The molecule has 116 valence electrons. The van der Waals surface area contributed by atoms with Crippen LogP contribution in [0.1, 0.15) is 30.3 Å². The van der Waals surface area contributed by atoms with Gasteiger partial charge in [0.25, 0.3) is 5.91 Å². The molecule has 0 saturated carbocycles. The lowest BCUT2D eigenvalue weighted by atomic mass is 10.1. The Kier molecular flexibility index (Phi) is 5.23. The standard InChI is InChI=1S/C12H21N7O2/c1-9(20)14-10-2-4-18(5-3-10)6-7-19-8-11(16-17-19)12(21)15-13/h8,10H,2-7,13H2,1H3,(H,14,20)(H,15,21). The fourth-order valence-electron chi connectivity index (χ4n) is 2.42. The van der Waals surface area contributed by atoms with Crippen LogP contribution in [0.15, 0.2) is 6.20 Å². The number of nitrogens with two attached hydrogens (primary N) is 1. The van der Waals surface area contributed by atoms with Crippen molar-refractivity contribution in [1.82, 2.24) is 30.6 Å². The summed E-state index contributed by atoms with van der Waals surface area (Å²) < 4.78 is 1.63. The highest BCUT2D eigenvalue weighted by atomic mass is 16.2. The van der Waals surface area contributed by atoms with Crippen LogP contribution < -0.4 is 16.6 Å². The average molecular weight is 295 g/mol. The van der Waals surface area contributed by atoms with Crippen molar-refractivity contribution < 1.29 is 9.59 Å². The van der Waals surface area contributed by atoms with E-state index in [0.717, 1.165) is 32.5 Å². The molecule has 4 N–H and O–H groups in total. The van der Waals surface area contributed by atoms with E-state index in [1.807, 2.05) is 5.43 Å². The molecule has 0 atom stereocenters. The molecule has 0 aromatic carbocycles. The monoisotopic (exact) mass is 295 g/mol. The summed E-state index contributed by atoms with van der Waals surface area (Å²) in [6.45, 7) is 4.92. The van der Waals surface area contributed by atoms with Crippen molar-refractivity contribution in [2.75, 3.05) is 19.6 Å². The van der Waals surface area contributed by atoms with Gasteiger partial charge in [0, 0.05) is 32.6 Å². The van der Waals surface area contributed by atoms with Crippen LogP contribution in [0, 0.1) is 0 Å². The zero-order valence-corrected chi connectivity index (χ0v) is 12.1. The van der Waals surface area contributed by atoms with Crippen LogP contribution in [0.5, 0.6) is 0 Å². The van der Waals surface area contributed by atoms with Gasteiger partial charge in [0.15, 0.2) is 5.69 Å². The molecular formula is C12H21N7O2. The Morgan fingerprint density at radius 3 is 2.71 bits per heavy atom. The number of hydrogen-bond donors (Lipinski definition) is 3. The van der Waals surface area contributed by atoms with Gasteiger partial charge in [-0.25, -0.2) is 5.84 Å². The molecule has 0 aliphatic carbocycles. The number of nitrogens with one attached hydrogen (secondary N) is 2. The second-order valence-corrected chi connectivity index (χ2v) is 5.16. The summed E-state index contributed by atoms with van der Waals surface area (Å²) in [4.78, 5) is 24.6. The Hall–Kier alpha value is -2.00. The fourth-order valence-corrected chi connectivity index (χ4v) is 2.42. The fraction of sp³-hybridized carbons (Fsp3) is 0.667. The van der Waals surface area contributed by atoms with Crippen molar-refractivity contribution in [2.45, 2.75) is 32.4 Å². The second kappa shape index (κ2) is 7.14. The molecule has 1 aromatic heterocycles. The number of rotatable bonds is 5. The van der Waals surface area contributed by atoms with E-state index in [9.17, 15) is 9.59 Å². The van der Waals surface area contributed by atoms with Crippen molar-refractivity contribution in [3.63, 3.8) is 0 Å². The highest BCUT2D eigenvalue weighted by Gasteiger charge is 2.19. The first-order valence-corrected chi connectivity index (χ1v) is 6.99. The summed E-state index contributed by atoms with van der Waals surface area (Å²) in [7, 11) is 0. The van der Waals surface area contributed by atoms with Crippen LogP contribution in [-0.2, 0) is 11.3 Å². The Labute approximate surface area is 122 Å². The van der Waals surface area contributed by atoms with E-state index >= 15 is 0 Å². The number of piperidine rings is 1. The first kappa shape index (κ1) is 15.4. The van der Waals surface area contributed by atoms with Crippen LogP contribution in [0.2, 0.25) is 0 Å². The lowest BCUT2D eigenvalue weighted by Gasteiger charge is -2.31. The molecule has 2 rings (SSSR count). The molecule has 1 aliphatic rings. The number of hydrazine groups is 1. The third kappa shape index (κ3) is 4.50. The third-order valence-electron chi connectivity index (χ3n) is 3.54. The van der Waals surface area contributed by atoms with Gasteiger partial charge in [0.2, 0.25) is 5.91 Å². The molecule has 0 radical (unpaired) electrons. The summed E-state index contributed by atoms with van der Waals surface area (Å²) in [6, 6.07) is 0.282. The minimum Gasteiger partial charge on any atom is -0.354 e. The quantitative estimate of drug-likeness (QED) is 0.345. The van der Waals surface area contributed by atoms with Gasteiger partial charge in [-0.05, 0) is 12.8 Å². The lowest BCUT2D eigenvalue weighted by Crippen LogP contribution is -2.44. The van der Waals surface area contributed by atoms with Gasteiger partial charge in [-0.3, -0.25) is 19.7 Å². The van der Waals surface area contributed by atoms with Crippen LogP contribution in [0.3, 0.4) is 0 Å². The van der Waals surface area contributed by atoms with Gasteiger partial charge < -0.3 is 10.2 Å². The van der Waals surface area contributed by atoms with E-state index in [1.54, 1.807) is 17.8 Å². The number of amides is 2. The summed E-state index contributed by atoms with van der Waals surface area (Å²) in [5.41, 5.74) is 2.23. The molecule has 1 aromatic rings. The smallest absolute Gasteiger partial charge is 0.287 e. The lowest BCUT2D eigenvalue weighted by molar-refractivity contribution is -0.119. The van der Waals surface area contributed by atoms with Crippen LogP contribution >= 0.6 is 0 Å². The Balaban J connectivity index is 1.73. The van der Waals surface area contributed by atoms with Crippen LogP contribution in [0.25, 0.3) is 0 Å². The zero-order valence-electron chi connectivity index (χ0n) is 12.1. The molecule has 2 amide bonds. The van der Waals surface area contributed by atoms with Gasteiger partial charge in [0.1, 0.15) is 0 Å². The van der Waals surface area contributed by atoms with Crippen molar-refractivity contribution in [2.24, 2.45) is 5.84 Å². The summed E-state index contributed by atoms with van der Waals surface area (Å²) in [5, 5.41) is 10.6. The number of nitrogen functional groups attached to an aromatic ring is 1. The number of aromatic nitrogens is 3. The van der Waals surface area contributed by atoms with E-state index in [-0.39, 0.29) is 17.6 Å². The van der Waals surface area contributed by atoms with E-state index in [2.05, 4.69) is 20.5 Å². The predicted octanol–water partition coefficient (Wildman–Crippen LogP) is -1.52. The molecule has 0 unspecified atom stereocenters. The van der Waals surface area contributed by atoms with Gasteiger partial charge in [-0.15, -0.1) is 5.10 Å². The normalized spacial score (nSPS) is 16.7. The molecule has 0 bridgehead atoms. The number of likely N-dealkylation sites (tertiary alicyclic amines) is 1. The molecule has 21 heavy (non-hydrogen) atoms. The topological polar surface area (TPSA) is 118 Å². The van der Waals surface area contributed by atoms with Crippen molar-refractivity contribution in [3.8, 4) is 0 Å². The minimum absolute atomic E-state index is 0.0294. The van der Waals surface area contributed by atoms with E-state index in [0.29, 0.717) is 6.54 Å². The molecule has 1 saturated heterocycles. The Bertz CT molecular complexity index is 494. The number of nitrogens with zero attached hydrogens (tertiary/aromatic N) is 4. The van der Waals surface area contributed by atoms with E-state index < -0.39 is 5.91 Å². The number of carbonyl (C=O) groups excluding carboxylic acids is 2. The number of hydrogen-bond acceptors (Lipinski definition) is 6. The van der Waals surface area contributed by atoms with Gasteiger partial charge in [-0.1, -0.05) is 5.21 Å². The summed E-state index contributed by atoms with van der Waals surface area (Å²) in [5.74, 6) is 4.62. The Morgan fingerprint density at radius 2 is 2.10 bits per heavy atom. The summed E-state index contributed by atoms with van der Waals surface area (Å²) >= 11 is 0. The molecule has 0 spiro atoms. The molecule has 1 fully saturated rings. The minimum atomic E-state index is -0.447. The van der Waals surface area contributed by atoms with Gasteiger partial charge in [-0.2, -0.15) is 0 Å². The van der Waals surface area contributed by atoms with E-state index in [1.165, 1.54) is 0 Å². The first-order valence-electron chi connectivity index (χ1n) is 6.99. The molecule has 2 heterocycles. The largest absolute Gasteiger partial charge is 0.354 e. The highest BCUT2D eigenvalue weighted by Crippen LogP contribution is 2.10. The maximum Gasteiger partial charge on any atom is 0.287 e. The van der Waals surface area contributed by atoms with Gasteiger partial charge in [0.05, 0.1) is 12.7 Å². The summed E-state index contributed by atoms with van der Waals surface area (Å²) in [6.07, 6.45) is 3.49. The molecule has 9 heteroatoms. The zero-order chi connectivity index (χ0) is 15.2. The molecular weight excluding hydrogens is 274 g/mol. The average Bonchev–Trinajstić information content (AvgIpc) is 2.94. The first-order chi connectivity index (χ1) is 10.1.